The van der Waals surface area contributed by atoms with Gasteiger partial charge in [-0.15, -0.1) is 0 Å². The van der Waals surface area contributed by atoms with Crippen LogP contribution in [0.5, 0.6) is 5.75 Å². The molecule has 0 aliphatic rings. The molecule has 0 saturated carbocycles. The largest absolute Gasteiger partial charge is 0.491 e. The van der Waals surface area contributed by atoms with Crippen LogP contribution < -0.4 is 4.74 Å². The van der Waals surface area contributed by atoms with E-state index in [-0.39, 0.29) is 13.2 Å². The standard InChI is InChI=1S/C13H20O4/c1-15-8-5-9-16-10-12(14)11-17-13-6-3-2-4-7-13/h2-4,6-7,12,14H,5,8-11H2,1H3. The van der Waals surface area contributed by atoms with Crippen LogP contribution in [0.3, 0.4) is 0 Å². The average Bonchev–Trinajstić information content (AvgIpc) is 2.37. The molecule has 1 atom stereocenters. The lowest BCUT2D eigenvalue weighted by Gasteiger charge is -2.12. The van der Waals surface area contributed by atoms with E-state index in [0.29, 0.717) is 13.2 Å². The van der Waals surface area contributed by atoms with Crippen molar-refractivity contribution >= 4 is 0 Å². The minimum Gasteiger partial charge on any atom is -0.491 e. The quantitative estimate of drug-likeness (QED) is 0.664. The summed E-state index contributed by atoms with van der Waals surface area (Å²) in [5.41, 5.74) is 0. The third-order valence-corrected chi connectivity index (χ3v) is 2.13. The molecule has 0 radical (unpaired) electrons. The molecule has 0 spiro atoms. The maximum atomic E-state index is 9.59. The molecule has 1 N–H and O–H groups in total. The number of aliphatic hydroxyl groups is 1. The average molecular weight is 240 g/mol. The molecule has 96 valence electrons. The number of hydrogen-bond donors (Lipinski definition) is 1. The summed E-state index contributed by atoms with van der Waals surface area (Å²) in [6, 6.07) is 9.41. The van der Waals surface area contributed by atoms with Gasteiger partial charge in [0.2, 0.25) is 0 Å². The molecular formula is C13H20O4. The number of para-hydroxylation sites is 1. The predicted molar refractivity (Wildman–Crippen MR) is 65.3 cm³/mol. The van der Waals surface area contributed by atoms with Crippen LogP contribution >= 0.6 is 0 Å². The molecule has 1 rings (SSSR count). The van der Waals surface area contributed by atoms with Crippen LogP contribution in [0.15, 0.2) is 30.3 Å². The van der Waals surface area contributed by atoms with Crippen LogP contribution in [0.4, 0.5) is 0 Å². The number of ether oxygens (including phenoxy) is 3. The van der Waals surface area contributed by atoms with Crippen LogP contribution in [-0.4, -0.2) is 44.7 Å². The van der Waals surface area contributed by atoms with Crippen LogP contribution in [0.1, 0.15) is 6.42 Å². The van der Waals surface area contributed by atoms with Gasteiger partial charge in [0.1, 0.15) is 18.5 Å². The molecule has 0 aromatic heterocycles. The molecule has 1 unspecified atom stereocenters. The van der Waals surface area contributed by atoms with Gasteiger partial charge in [0, 0.05) is 20.3 Å². The highest BCUT2D eigenvalue weighted by Gasteiger charge is 2.05. The van der Waals surface area contributed by atoms with Crippen LogP contribution in [0.2, 0.25) is 0 Å². The van der Waals surface area contributed by atoms with E-state index in [4.69, 9.17) is 14.2 Å². The van der Waals surface area contributed by atoms with Gasteiger partial charge >= 0.3 is 0 Å². The van der Waals surface area contributed by atoms with Gasteiger partial charge in [0.05, 0.1) is 6.61 Å². The Morgan fingerprint density at radius 3 is 2.59 bits per heavy atom. The summed E-state index contributed by atoms with van der Waals surface area (Å²) in [5, 5.41) is 9.59. The van der Waals surface area contributed by atoms with E-state index in [1.165, 1.54) is 0 Å². The Labute approximate surface area is 102 Å². The first-order valence-corrected chi connectivity index (χ1v) is 5.75. The molecule has 0 fully saturated rings. The van der Waals surface area contributed by atoms with Crippen molar-refractivity contribution in [2.75, 3.05) is 33.5 Å². The Morgan fingerprint density at radius 2 is 1.88 bits per heavy atom. The Balaban J connectivity index is 2.03. The fraction of sp³-hybridized carbons (Fsp3) is 0.538. The summed E-state index contributed by atoms with van der Waals surface area (Å²) in [6.45, 7) is 1.80. The van der Waals surface area contributed by atoms with Gasteiger partial charge in [-0.05, 0) is 18.6 Å². The first-order valence-electron chi connectivity index (χ1n) is 5.75. The van der Waals surface area contributed by atoms with Gasteiger partial charge in [-0.3, -0.25) is 0 Å². The van der Waals surface area contributed by atoms with Gasteiger partial charge in [-0.2, -0.15) is 0 Å². The first-order chi connectivity index (χ1) is 8.33. The molecule has 17 heavy (non-hydrogen) atoms. The Kier molecular flexibility index (Phi) is 7.38. The fourth-order valence-electron chi connectivity index (χ4n) is 1.28. The molecule has 0 heterocycles. The van der Waals surface area contributed by atoms with E-state index in [1.54, 1.807) is 7.11 Å². The van der Waals surface area contributed by atoms with Crippen molar-refractivity contribution in [3.63, 3.8) is 0 Å². The lowest BCUT2D eigenvalue weighted by molar-refractivity contribution is 0.00682. The van der Waals surface area contributed by atoms with Crippen LogP contribution in [0.25, 0.3) is 0 Å². The summed E-state index contributed by atoms with van der Waals surface area (Å²) in [7, 11) is 1.66. The second-order valence-corrected chi connectivity index (χ2v) is 3.70. The van der Waals surface area contributed by atoms with Crippen LogP contribution in [-0.2, 0) is 9.47 Å². The van der Waals surface area contributed by atoms with Crippen molar-refractivity contribution < 1.29 is 19.3 Å². The summed E-state index contributed by atoms with van der Waals surface area (Å²) in [5.74, 6) is 0.755. The van der Waals surface area contributed by atoms with Crippen LogP contribution in [0, 0.1) is 0 Å². The zero-order valence-electron chi connectivity index (χ0n) is 10.2. The highest BCUT2D eigenvalue weighted by atomic mass is 16.5. The molecule has 4 heteroatoms. The van der Waals surface area contributed by atoms with E-state index >= 15 is 0 Å². The smallest absolute Gasteiger partial charge is 0.119 e. The molecule has 1 aromatic carbocycles. The van der Waals surface area contributed by atoms with E-state index < -0.39 is 6.10 Å². The molecule has 4 nitrogen and oxygen atoms in total. The topological polar surface area (TPSA) is 47.9 Å². The molecule has 0 aliphatic carbocycles. The normalized spacial score (nSPS) is 12.4. The Morgan fingerprint density at radius 1 is 1.12 bits per heavy atom. The van der Waals surface area contributed by atoms with Crippen molar-refractivity contribution in [2.45, 2.75) is 12.5 Å². The molecule has 1 aromatic rings. The fourth-order valence-corrected chi connectivity index (χ4v) is 1.28. The van der Waals surface area contributed by atoms with Crippen molar-refractivity contribution in [3.8, 4) is 5.75 Å². The number of benzene rings is 1. The van der Waals surface area contributed by atoms with Gasteiger partial charge in [0.15, 0.2) is 0 Å². The summed E-state index contributed by atoms with van der Waals surface area (Å²) < 4.78 is 15.6. The highest BCUT2D eigenvalue weighted by molar-refractivity contribution is 5.20. The van der Waals surface area contributed by atoms with Gasteiger partial charge < -0.3 is 19.3 Å². The second-order valence-electron chi connectivity index (χ2n) is 3.70. The highest BCUT2D eigenvalue weighted by Crippen LogP contribution is 2.08. The minimum atomic E-state index is -0.599. The monoisotopic (exact) mass is 240 g/mol. The lowest BCUT2D eigenvalue weighted by atomic mass is 10.3. The number of aliphatic hydroxyl groups excluding tert-OH is 1. The van der Waals surface area contributed by atoms with E-state index in [9.17, 15) is 5.11 Å². The van der Waals surface area contributed by atoms with Gasteiger partial charge in [-0.1, -0.05) is 18.2 Å². The molecule has 0 aliphatic heterocycles. The predicted octanol–water partition coefficient (Wildman–Crippen LogP) is 1.48. The van der Waals surface area contributed by atoms with E-state index in [1.807, 2.05) is 30.3 Å². The van der Waals surface area contributed by atoms with E-state index in [0.717, 1.165) is 12.2 Å². The first kappa shape index (κ1) is 14.0. The number of rotatable bonds is 9. The zero-order chi connectivity index (χ0) is 12.3. The summed E-state index contributed by atoms with van der Waals surface area (Å²) in [4.78, 5) is 0. The zero-order valence-corrected chi connectivity index (χ0v) is 10.2. The third kappa shape index (κ3) is 6.94. The third-order valence-electron chi connectivity index (χ3n) is 2.13. The Hall–Kier alpha value is -1.10. The number of methoxy groups -OCH3 is 1. The molecule has 0 bridgehead atoms. The minimum absolute atomic E-state index is 0.244. The van der Waals surface area contributed by atoms with Gasteiger partial charge in [0.25, 0.3) is 0 Å². The van der Waals surface area contributed by atoms with E-state index in [2.05, 4.69) is 0 Å². The van der Waals surface area contributed by atoms with Crippen molar-refractivity contribution in [2.24, 2.45) is 0 Å². The summed E-state index contributed by atoms with van der Waals surface area (Å²) in [6.07, 6.45) is 0.237. The lowest BCUT2D eigenvalue weighted by Crippen LogP contribution is -2.23. The molecule has 0 amide bonds. The van der Waals surface area contributed by atoms with Crippen molar-refractivity contribution in [1.29, 1.82) is 0 Å². The SMILES string of the molecule is COCCCOCC(O)COc1ccccc1. The molecule has 0 saturated heterocycles. The van der Waals surface area contributed by atoms with Crippen molar-refractivity contribution in [1.82, 2.24) is 0 Å². The Bertz CT molecular complexity index is 276. The number of hydrogen-bond acceptors (Lipinski definition) is 4. The second kappa shape index (κ2) is 8.98. The maximum Gasteiger partial charge on any atom is 0.119 e. The van der Waals surface area contributed by atoms with Gasteiger partial charge in [-0.25, -0.2) is 0 Å². The van der Waals surface area contributed by atoms with Crippen molar-refractivity contribution in [3.05, 3.63) is 30.3 Å². The summed E-state index contributed by atoms with van der Waals surface area (Å²) >= 11 is 0. The molecular weight excluding hydrogens is 220 g/mol. The maximum absolute atomic E-state index is 9.59.